The first-order valence-electron chi connectivity index (χ1n) is 4.24. The van der Waals surface area contributed by atoms with Crippen molar-refractivity contribution in [2.75, 3.05) is 32.9 Å². The molecule has 0 aliphatic carbocycles. The lowest BCUT2D eigenvalue weighted by Crippen LogP contribution is -2.50. The first kappa shape index (κ1) is 9.92. The molecule has 1 fully saturated rings. The molecule has 1 aliphatic rings. The minimum Gasteiger partial charge on any atom is -0.396 e. The molecule has 12 heavy (non-hydrogen) atoms. The molecule has 1 rings (SSSR count). The smallest absolute Gasteiger partial charge is 0.0823 e. The largest absolute Gasteiger partial charge is 0.396 e. The fraction of sp³-hybridized carbons (Fsp3) is 1.00. The molecule has 0 bridgehead atoms. The first-order valence-corrected chi connectivity index (χ1v) is 4.24. The van der Waals surface area contributed by atoms with E-state index >= 15 is 0 Å². The quantitative estimate of drug-likeness (QED) is 0.500. The van der Waals surface area contributed by atoms with Crippen LogP contribution in [0.25, 0.3) is 0 Å². The summed E-state index contributed by atoms with van der Waals surface area (Å²) in [5, 5.41) is 21.0. The Morgan fingerprint density at radius 2 is 2.00 bits per heavy atom. The van der Waals surface area contributed by atoms with Crippen LogP contribution in [0.4, 0.5) is 0 Å². The van der Waals surface area contributed by atoms with Gasteiger partial charge in [-0.2, -0.15) is 0 Å². The Labute approximate surface area is 72.5 Å². The van der Waals surface area contributed by atoms with E-state index in [2.05, 4.69) is 5.32 Å². The second-order valence-electron chi connectivity index (χ2n) is 3.72. The van der Waals surface area contributed by atoms with E-state index in [1.807, 2.05) is 0 Å². The molecule has 0 aromatic heterocycles. The van der Waals surface area contributed by atoms with Gasteiger partial charge in [-0.1, -0.05) is 6.92 Å². The summed E-state index contributed by atoms with van der Waals surface area (Å²) in [4.78, 5) is 0. The number of hydrogen-bond donors (Lipinski definition) is 3. The number of nitrogens with one attached hydrogen (secondary N) is 1. The minimum absolute atomic E-state index is 0.0380. The second kappa shape index (κ2) is 4.18. The maximum atomic E-state index is 8.93. The molecule has 1 aliphatic heterocycles. The highest BCUT2D eigenvalue weighted by Gasteiger charge is 2.26. The first-order chi connectivity index (χ1) is 5.70. The number of aliphatic hydroxyl groups excluding tert-OH is 2. The molecular formula is C8H17NO3. The van der Waals surface area contributed by atoms with Crippen LogP contribution in [-0.2, 0) is 4.74 Å². The molecule has 0 atom stereocenters. The van der Waals surface area contributed by atoms with Crippen molar-refractivity contribution < 1.29 is 14.9 Å². The van der Waals surface area contributed by atoms with Crippen LogP contribution in [0.3, 0.4) is 0 Å². The Balaban J connectivity index is 2.17. The normalized spacial score (nSPS) is 19.2. The van der Waals surface area contributed by atoms with Crippen molar-refractivity contribution in [2.24, 2.45) is 5.41 Å². The molecule has 0 amide bonds. The van der Waals surface area contributed by atoms with Gasteiger partial charge in [0.2, 0.25) is 0 Å². The minimum atomic E-state index is -0.490. The van der Waals surface area contributed by atoms with E-state index in [0.717, 1.165) is 13.1 Å². The molecule has 72 valence electrons. The van der Waals surface area contributed by atoms with Gasteiger partial charge >= 0.3 is 0 Å². The topological polar surface area (TPSA) is 61.7 Å². The van der Waals surface area contributed by atoms with Gasteiger partial charge in [-0.25, -0.2) is 0 Å². The van der Waals surface area contributed by atoms with Crippen molar-refractivity contribution in [1.29, 1.82) is 0 Å². The van der Waals surface area contributed by atoms with Crippen LogP contribution < -0.4 is 5.32 Å². The molecule has 0 radical (unpaired) electrons. The Hall–Kier alpha value is -0.160. The van der Waals surface area contributed by atoms with E-state index in [9.17, 15) is 0 Å². The van der Waals surface area contributed by atoms with E-state index < -0.39 is 5.41 Å². The molecule has 4 heteroatoms. The second-order valence-corrected chi connectivity index (χ2v) is 3.72. The van der Waals surface area contributed by atoms with Gasteiger partial charge in [0, 0.05) is 18.5 Å². The molecule has 4 nitrogen and oxygen atoms in total. The zero-order valence-electron chi connectivity index (χ0n) is 7.42. The Kier molecular flexibility index (Phi) is 3.46. The fourth-order valence-corrected chi connectivity index (χ4v) is 0.840. The van der Waals surface area contributed by atoms with E-state index in [4.69, 9.17) is 14.9 Å². The molecule has 0 aromatic carbocycles. The summed E-state index contributed by atoms with van der Waals surface area (Å²) in [6, 6.07) is 0. The number of aliphatic hydroxyl groups is 2. The number of hydrogen-bond acceptors (Lipinski definition) is 4. The van der Waals surface area contributed by atoms with E-state index in [1.54, 1.807) is 6.92 Å². The zero-order chi connectivity index (χ0) is 9.03. The van der Waals surface area contributed by atoms with Crippen LogP contribution >= 0.6 is 0 Å². The van der Waals surface area contributed by atoms with Gasteiger partial charge in [0.1, 0.15) is 0 Å². The van der Waals surface area contributed by atoms with Gasteiger partial charge in [-0.15, -0.1) is 0 Å². The highest BCUT2D eigenvalue weighted by Crippen LogP contribution is 2.16. The highest BCUT2D eigenvalue weighted by atomic mass is 16.5. The van der Waals surface area contributed by atoms with Gasteiger partial charge < -0.3 is 20.3 Å². The summed E-state index contributed by atoms with van der Waals surface area (Å²) >= 11 is 0. The van der Waals surface area contributed by atoms with Crippen molar-refractivity contribution >= 4 is 0 Å². The van der Waals surface area contributed by atoms with Crippen LogP contribution in [0.5, 0.6) is 0 Å². The summed E-state index contributed by atoms with van der Waals surface area (Å²) < 4.78 is 5.44. The summed E-state index contributed by atoms with van der Waals surface area (Å²) in [5.41, 5.74) is -0.490. The lowest BCUT2D eigenvalue weighted by Gasteiger charge is -2.32. The Morgan fingerprint density at radius 3 is 2.33 bits per heavy atom. The summed E-state index contributed by atoms with van der Waals surface area (Å²) in [5.74, 6) is 0. The van der Waals surface area contributed by atoms with Crippen molar-refractivity contribution in [3.8, 4) is 0 Å². The van der Waals surface area contributed by atoms with Crippen LogP contribution in [0.2, 0.25) is 0 Å². The molecule has 3 N–H and O–H groups in total. The monoisotopic (exact) mass is 175 g/mol. The molecule has 1 heterocycles. The standard InChI is InChI=1S/C8H17NO3/c1-8(4-10,5-11)6-12-7-2-9-3-7/h7,9-11H,2-6H2,1H3. The van der Waals surface area contributed by atoms with Crippen molar-refractivity contribution in [3.05, 3.63) is 0 Å². The third kappa shape index (κ3) is 2.42. The van der Waals surface area contributed by atoms with Gasteiger partial charge in [0.15, 0.2) is 0 Å². The zero-order valence-corrected chi connectivity index (χ0v) is 7.42. The van der Waals surface area contributed by atoms with Crippen LogP contribution in [0.15, 0.2) is 0 Å². The average molecular weight is 175 g/mol. The van der Waals surface area contributed by atoms with Gasteiger partial charge in [0.05, 0.1) is 25.9 Å². The van der Waals surface area contributed by atoms with E-state index in [-0.39, 0.29) is 19.3 Å². The average Bonchev–Trinajstić information content (AvgIpc) is 2.01. The predicted molar refractivity (Wildman–Crippen MR) is 44.9 cm³/mol. The maximum Gasteiger partial charge on any atom is 0.0823 e. The van der Waals surface area contributed by atoms with E-state index in [0.29, 0.717) is 6.61 Å². The van der Waals surface area contributed by atoms with E-state index in [1.165, 1.54) is 0 Å². The molecular weight excluding hydrogens is 158 g/mol. The molecule has 1 saturated heterocycles. The lowest BCUT2D eigenvalue weighted by molar-refractivity contribution is -0.0619. The third-order valence-electron chi connectivity index (χ3n) is 2.17. The Morgan fingerprint density at radius 1 is 1.42 bits per heavy atom. The van der Waals surface area contributed by atoms with Crippen LogP contribution in [-0.4, -0.2) is 49.2 Å². The highest BCUT2D eigenvalue weighted by molar-refractivity contribution is 4.78. The maximum absolute atomic E-state index is 8.93. The Bertz CT molecular complexity index is 132. The predicted octanol–water partition coefficient (Wildman–Crippen LogP) is -1.03. The summed E-state index contributed by atoms with van der Waals surface area (Å²) in [6.45, 7) is 3.92. The van der Waals surface area contributed by atoms with Crippen molar-refractivity contribution in [2.45, 2.75) is 13.0 Å². The number of ether oxygens (including phenoxy) is 1. The van der Waals surface area contributed by atoms with Crippen LogP contribution in [0.1, 0.15) is 6.92 Å². The molecule has 0 spiro atoms. The molecule has 0 saturated carbocycles. The van der Waals surface area contributed by atoms with Gasteiger partial charge in [-0.3, -0.25) is 0 Å². The van der Waals surface area contributed by atoms with Crippen LogP contribution in [0, 0.1) is 5.41 Å². The summed E-state index contributed by atoms with van der Waals surface area (Å²) in [6.07, 6.45) is 0.266. The SMILES string of the molecule is CC(CO)(CO)COC1CNC1. The number of rotatable bonds is 5. The lowest BCUT2D eigenvalue weighted by atomic mass is 9.94. The van der Waals surface area contributed by atoms with Gasteiger partial charge in [0.25, 0.3) is 0 Å². The summed E-state index contributed by atoms with van der Waals surface area (Å²) in [7, 11) is 0. The van der Waals surface area contributed by atoms with Crippen molar-refractivity contribution in [1.82, 2.24) is 5.32 Å². The molecule has 0 unspecified atom stereocenters. The molecule has 0 aromatic rings. The van der Waals surface area contributed by atoms with Gasteiger partial charge in [-0.05, 0) is 0 Å². The third-order valence-corrected chi connectivity index (χ3v) is 2.17. The fourth-order valence-electron chi connectivity index (χ4n) is 0.840. The van der Waals surface area contributed by atoms with Crippen molar-refractivity contribution in [3.63, 3.8) is 0 Å².